The monoisotopic (exact) mass is 350 g/mol. The fraction of sp³-hybridized carbons (Fsp3) is 0.333. The van der Waals surface area contributed by atoms with Crippen LogP contribution < -0.4 is 11.5 Å². The van der Waals surface area contributed by atoms with Crippen molar-refractivity contribution in [1.29, 1.82) is 0 Å². The number of benzene rings is 2. The minimum absolute atomic E-state index is 0.116. The van der Waals surface area contributed by atoms with Gasteiger partial charge >= 0.3 is 0 Å². The number of unbranched alkanes of at least 4 members (excludes halogenated alkanes) is 2. The molecule has 0 radical (unpaired) electrons. The quantitative estimate of drug-likeness (QED) is 0.512. The lowest BCUT2D eigenvalue weighted by Gasteiger charge is -2.08. The molecule has 26 heavy (non-hydrogen) atoms. The van der Waals surface area contributed by atoms with Crippen LogP contribution in [0.1, 0.15) is 44.0 Å². The average Bonchev–Trinajstić information content (AvgIpc) is 3.17. The second-order valence-corrected chi connectivity index (χ2v) is 6.69. The summed E-state index contributed by atoms with van der Waals surface area (Å²) in [6.07, 6.45) is 6.10. The number of nitrogens with one attached hydrogen (secondary N) is 1. The molecular weight excluding hydrogens is 324 g/mol. The molecule has 0 aliphatic rings. The average molecular weight is 350 g/mol. The summed E-state index contributed by atoms with van der Waals surface area (Å²) >= 11 is 0. The fourth-order valence-corrected chi connectivity index (χ4v) is 3.13. The lowest BCUT2D eigenvalue weighted by Crippen LogP contribution is -2.13. The van der Waals surface area contributed by atoms with E-state index in [4.69, 9.17) is 11.5 Å². The first-order valence-corrected chi connectivity index (χ1v) is 9.19. The van der Waals surface area contributed by atoms with Gasteiger partial charge in [0.25, 0.3) is 0 Å². The minimum atomic E-state index is -0.116. The third kappa shape index (κ3) is 4.56. The Balaban J connectivity index is 1.57. The number of hydrogen-bond donors (Lipinski definition) is 3. The summed E-state index contributed by atoms with van der Waals surface area (Å²) < 4.78 is 0. The van der Waals surface area contributed by atoms with Crippen molar-refractivity contribution in [3.8, 4) is 11.3 Å². The van der Waals surface area contributed by atoms with Gasteiger partial charge in [-0.3, -0.25) is 4.79 Å². The van der Waals surface area contributed by atoms with Crippen LogP contribution in [-0.4, -0.2) is 22.3 Å². The van der Waals surface area contributed by atoms with Crippen LogP contribution >= 0.6 is 0 Å². The Morgan fingerprint density at radius 2 is 1.88 bits per heavy atom. The number of imidazole rings is 1. The third-order valence-corrected chi connectivity index (χ3v) is 4.71. The van der Waals surface area contributed by atoms with Crippen LogP contribution in [0.3, 0.4) is 0 Å². The first-order valence-electron chi connectivity index (χ1n) is 9.19. The zero-order chi connectivity index (χ0) is 18.4. The number of carbonyl (C=O) groups excluding carboxylic acids is 1. The van der Waals surface area contributed by atoms with Gasteiger partial charge in [-0.15, -0.1) is 0 Å². The van der Waals surface area contributed by atoms with E-state index in [0.29, 0.717) is 6.42 Å². The Morgan fingerprint density at radius 1 is 1.08 bits per heavy atom. The molecule has 0 spiro atoms. The molecule has 136 valence electrons. The largest absolute Gasteiger partial charge is 0.341 e. The first-order chi connectivity index (χ1) is 12.7. The Labute approximate surface area is 153 Å². The number of nitrogens with two attached hydrogens (primary N) is 2. The van der Waals surface area contributed by atoms with E-state index < -0.39 is 0 Å². The van der Waals surface area contributed by atoms with Crippen LogP contribution in [-0.2, 0) is 4.79 Å². The number of carbonyl (C=O) groups is 1. The molecule has 3 rings (SSSR count). The highest BCUT2D eigenvalue weighted by molar-refractivity contribution is 5.86. The van der Waals surface area contributed by atoms with Gasteiger partial charge in [0.05, 0.1) is 24.5 Å². The van der Waals surface area contributed by atoms with E-state index in [1.807, 2.05) is 18.3 Å². The molecule has 5 N–H and O–H groups in total. The van der Waals surface area contributed by atoms with E-state index in [1.165, 1.54) is 10.8 Å². The summed E-state index contributed by atoms with van der Waals surface area (Å²) in [4.78, 5) is 19.0. The van der Waals surface area contributed by atoms with Crippen molar-refractivity contribution in [2.24, 2.45) is 11.5 Å². The zero-order valence-electron chi connectivity index (χ0n) is 14.9. The minimum Gasteiger partial charge on any atom is -0.341 e. The molecule has 0 amide bonds. The lowest BCUT2D eigenvalue weighted by molar-refractivity contribution is -0.117. The zero-order valence-corrected chi connectivity index (χ0v) is 14.9. The summed E-state index contributed by atoms with van der Waals surface area (Å²) in [5.74, 6) is 0.937. The van der Waals surface area contributed by atoms with Gasteiger partial charge in [0.2, 0.25) is 0 Å². The number of Topliss-reactive ketones (excluding diaryl/α,β-unsaturated/α-hetero) is 1. The van der Waals surface area contributed by atoms with Crippen LogP contribution in [0.25, 0.3) is 22.0 Å². The number of aromatic nitrogens is 2. The number of nitrogens with zero attached hydrogens (tertiary/aromatic N) is 1. The Bertz CT molecular complexity index is 871. The second-order valence-electron chi connectivity index (χ2n) is 6.69. The van der Waals surface area contributed by atoms with Gasteiger partial charge < -0.3 is 16.5 Å². The summed E-state index contributed by atoms with van der Waals surface area (Å²) in [6, 6.07) is 14.6. The van der Waals surface area contributed by atoms with Crippen LogP contribution in [0, 0.1) is 0 Å². The van der Waals surface area contributed by atoms with Gasteiger partial charge in [0.1, 0.15) is 11.6 Å². The van der Waals surface area contributed by atoms with Gasteiger partial charge in [0, 0.05) is 12.0 Å². The summed E-state index contributed by atoms with van der Waals surface area (Å²) in [5, 5.41) is 2.43. The van der Waals surface area contributed by atoms with E-state index in [0.717, 1.165) is 42.8 Å². The molecule has 5 heteroatoms. The van der Waals surface area contributed by atoms with Gasteiger partial charge in [-0.05, 0) is 29.7 Å². The second kappa shape index (κ2) is 8.74. The first kappa shape index (κ1) is 18.3. The van der Waals surface area contributed by atoms with Crippen molar-refractivity contribution >= 4 is 16.6 Å². The Kier molecular flexibility index (Phi) is 6.15. The van der Waals surface area contributed by atoms with Crippen molar-refractivity contribution in [2.45, 2.75) is 38.1 Å². The molecule has 2 aromatic carbocycles. The highest BCUT2D eigenvalue weighted by atomic mass is 16.1. The van der Waals surface area contributed by atoms with E-state index in [1.54, 1.807) is 0 Å². The normalized spacial score (nSPS) is 12.4. The van der Waals surface area contributed by atoms with E-state index in [9.17, 15) is 4.79 Å². The number of hydrogen-bond acceptors (Lipinski definition) is 4. The molecule has 0 bridgehead atoms. The van der Waals surface area contributed by atoms with Crippen molar-refractivity contribution in [1.82, 2.24) is 9.97 Å². The lowest BCUT2D eigenvalue weighted by atomic mass is 10.1. The molecule has 0 aliphatic carbocycles. The Morgan fingerprint density at radius 3 is 2.69 bits per heavy atom. The topological polar surface area (TPSA) is 97.8 Å². The van der Waals surface area contributed by atoms with Crippen LogP contribution in [0.4, 0.5) is 0 Å². The predicted octanol–water partition coefficient (Wildman–Crippen LogP) is 3.71. The molecule has 0 saturated heterocycles. The van der Waals surface area contributed by atoms with Crippen molar-refractivity contribution in [3.63, 3.8) is 0 Å². The van der Waals surface area contributed by atoms with Crippen LogP contribution in [0.5, 0.6) is 0 Å². The van der Waals surface area contributed by atoms with Gasteiger partial charge in [-0.25, -0.2) is 4.98 Å². The molecule has 3 aromatic rings. The predicted molar refractivity (Wildman–Crippen MR) is 106 cm³/mol. The van der Waals surface area contributed by atoms with Crippen molar-refractivity contribution < 1.29 is 4.79 Å². The molecule has 0 aliphatic heterocycles. The SMILES string of the molecule is NCC(=O)CCCCC[C@H](N)c1ncc(-c2ccc3ccccc3c2)[nH]1. The molecule has 1 atom stereocenters. The maximum Gasteiger partial charge on any atom is 0.146 e. The Hall–Kier alpha value is -2.50. The number of fused-ring (bicyclic) bond motifs is 1. The number of aromatic amines is 1. The van der Waals surface area contributed by atoms with Crippen molar-refractivity contribution in [2.75, 3.05) is 6.54 Å². The maximum absolute atomic E-state index is 11.2. The molecule has 5 nitrogen and oxygen atoms in total. The van der Waals surface area contributed by atoms with E-state index in [-0.39, 0.29) is 18.4 Å². The van der Waals surface area contributed by atoms with Gasteiger partial charge in [-0.1, -0.05) is 49.2 Å². The molecule has 0 saturated carbocycles. The molecule has 1 aromatic heterocycles. The highest BCUT2D eigenvalue weighted by Crippen LogP contribution is 2.24. The number of rotatable bonds is 9. The van der Waals surface area contributed by atoms with E-state index in [2.05, 4.69) is 40.3 Å². The van der Waals surface area contributed by atoms with Crippen molar-refractivity contribution in [3.05, 3.63) is 54.5 Å². The number of ketones is 1. The van der Waals surface area contributed by atoms with Gasteiger partial charge in [-0.2, -0.15) is 0 Å². The maximum atomic E-state index is 11.2. The third-order valence-electron chi connectivity index (χ3n) is 4.71. The highest BCUT2D eigenvalue weighted by Gasteiger charge is 2.11. The molecule has 0 fully saturated rings. The molecule has 0 unspecified atom stereocenters. The number of H-pyrrole nitrogens is 1. The van der Waals surface area contributed by atoms with E-state index >= 15 is 0 Å². The fourth-order valence-electron chi connectivity index (χ4n) is 3.13. The van der Waals surface area contributed by atoms with Gasteiger partial charge in [0.15, 0.2) is 0 Å². The molecular formula is C21H26N4O. The smallest absolute Gasteiger partial charge is 0.146 e. The standard InChI is InChI=1S/C21H26N4O/c22-13-18(26)8-2-1-3-9-19(23)21-24-14-20(25-21)17-11-10-15-6-4-5-7-16(15)12-17/h4-7,10-12,14,19H,1-3,8-9,13,22-23H2,(H,24,25)/t19-/m0/s1. The van der Waals surface area contributed by atoms with Crippen LogP contribution in [0.15, 0.2) is 48.7 Å². The van der Waals surface area contributed by atoms with Crippen LogP contribution in [0.2, 0.25) is 0 Å². The summed E-state index contributed by atoms with van der Waals surface area (Å²) in [7, 11) is 0. The summed E-state index contributed by atoms with van der Waals surface area (Å²) in [5.41, 5.74) is 13.7. The molecule has 1 heterocycles. The summed E-state index contributed by atoms with van der Waals surface area (Å²) in [6.45, 7) is 0.142.